The summed E-state index contributed by atoms with van der Waals surface area (Å²) in [5.74, 6) is 0.424. The molecule has 2 N–H and O–H groups in total. The lowest BCUT2D eigenvalue weighted by Crippen LogP contribution is -2.27. The van der Waals surface area contributed by atoms with Gasteiger partial charge in [0.1, 0.15) is 16.2 Å². The molecule has 0 radical (unpaired) electrons. The van der Waals surface area contributed by atoms with Gasteiger partial charge >= 0.3 is 0 Å². The smallest absolute Gasteiger partial charge is 0.230 e. The van der Waals surface area contributed by atoms with E-state index in [9.17, 15) is 4.79 Å². The van der Waals surface area contributed by atoms with Crippen molar-refractivity contribution in [2.75, 3.05) is 12.3 Å². The Morgan fingerprint density at radius 3 is 3.14 bits per heavy atom. The number of amides is 1. The number of H-pyrrole nitrogens is 1. The summed E-state index contributed by atoms with van der Waals surface area (Å²) in [7, 11) is 0. The summed E-state index contributed by atoms with van der Waals surface area (Å²) in [5, 5.41) is 6.38. The first-order chi connectivity index (χ1) is 13.8. The summed E-state index contributed by atoms with van der Waals surface area (Å²) in [6.45, 7) is 0.633. The summed E-state index contributed by atoms with van der Waals surface area (Å²) in [6, 6.07) is 8.24. The fourth-order valence-corrected chi connectivity index (χ4v) is 6.02. The van der Waals surface area contributed by atoms with Gasteiger partial charge < -0.3 is 10.3 Å². The van der Waals surface area contributed by atoms with E-state index >= 15 is 0 Å². The topological polar surface area (TPSA) is 70.7 Å². The van der Waals surface area contributed by atoms with Crippen LogP contribution in [-0.4, -0.2) is 33.2 Å². The number of nitrogens with one attached hydrogen (secondary N) is 2. The molecular weight excluding hydrogens is 388 g/mol. The van der Waals surface area contributed by atoms with Gasteiger partial charge in [-0.2, -0.15) is 0 Å². The van der Waals surface area contributed by atoms with Gasteiger partial charge in [-0.1, -0.05) is 30.0 Å². The molecule has 0 aliphatic heterocycles. The van der Waals surface area contributed by atoms with Crippen LogP contribution in [0.25, 0.3) is 21.1 Å². The SMILES string of the molecule is O=C(CSc1ncnc2sc3c(c12)CCC3)NCCc1c[nH]c2ccccc12. The molecule has 1 aromatic carbocycles. The lowest BCUT2D eigenvalue weighted by Gasteiger charge is -2.06. The Morgan fingerprint density at radius 2 is 2.18 bits per heavy atom. The number of benzene rings is 1. The van der Waals surface area contributed by atoms with Crippen LogP contribution < -0.4 is 5.32 Å². The predicted octanol–water partition coefficient (Wildman–Crippen LogP) is 4.11. The zero-order valence-electron chi connectivity index (χ0n) is 15.3. The van der Waals surface area contributed by atoms with Crippen LogP contribution in [0, 0.1) is 0 Å². The number of fused-ring (bicyclic) bond motifs is 4. The molecule has 1 aliphatic rings. The zero-order valence-corrected chi connectivity index (χ0v) is 17.0. The Balaban J connectivity index is 1.20. The van der Waals surface area contributed by atoms with Crippen LogP contribution >= 0.6 is 23.1 Å². The molecule has 0 saturated carbocycles. The van der Waals surface area contributed by atoms with Crippen molar-refractivity contribution < 1.29 is 4.79 Å². The summed E-state index contributed by atoms with van der Waals surface area (Å²) in [6.07, 6.45) is 7.92. The molecule has 0 bridgehead atoms. The third-order valence-corrected chi connectivity index (χ3v) is 7.39. The third kappa shape index (κ3) is 3.29. The number of hydrogen-bond donors (Lipinski definition) is 2. The van der Waals surface area contributed by atoms with Crippen molar-refractivity contribution in [1.82, 2.24) is 20.3 Å². The van der Waals surface area contributed by atoms with E-state index in [1.165, 1.54) is 45.0 Å². The second-order valence-electron chi connectivity index (χ2n) is 6.96. The van der Waals surface area contributed by atoms with Crippen molar-refractivity contribution in [3.05, 3.63) is 52.8 Å². The maximum atomic E-state index is 12.3. The summed E-state index contributed by atoms with van der Waals surface area (Å²) in [5.41, 5.74) is 3.77. The highest BCUT2D eigenvalue weighted by Gasteiger charge is 2.21. The van der Waals surface area contributed by atoms with Crippen LogP contribution in [0.3, 0.4) is 0 Å². The van der Waals surface area contributed by atoms with Gasteiger partial charge in [-0.15, -0.1) is 11.3 Å². The fourth-order valence-electron chi connectivity index (χ4n) is 3.87. The molecule has 1 amide bonds. The van der Waals surface area contributed by atoms with Gasteiger partial charge in [0.05, 0.1) is 5.75 Å². The van der Waals surface area contributed by atoms with Crippen LogP contribution in [-0.2, 0) is 24.1 Å². The first-order valence-corrected chi connectivity index (χ1v) is 11.3. The Hall–Kier alpha value is -2.38. The van der Waals surface area contributed by atoms with Crippen molar-refractivity contribution in [3.8, 4) is 0 Å². The van der Waals surface area contributed by atoms with Crippen LogP contribution in [0.1, 0.15) is 22.4 Å². The number of aromatic amines is 1. The minimum Gasteiger partial charge on any atom is -0.361 e. The number of thioether (sulfide) groups is 1. The van der Waals surface area contributed by atoms with E-state index in [0.29, 0.717) is 12.3 Å². The second-order valence-corrected chi connectivity index (χ2v) is 9.01. The molecule has 4 aromatic rings. The minimum atomic E-state index is 0.0449. The Bertz CT molecular complexity index is 1160. The van der Waals surface area contributed by atoms with Gasteiger partial charge in [-0.3, -0.25) is 4.79 Å². The number of thiophene rings is 1. The van der Waals surface area contributed by atoms with E-state index in [1.54, 1.807) is 17.7 Å². The summed E-state index contributed by atoms with van der Waals surface area (Å²) >= 11 is 3.30. The number of rotatable bonds is 6. The highest BCUT2D eigenvalue weighted by atomic mass is 32.2. The monoisotopic (exact) mass is 408 g/mol. The van der Waals surface area contributed by atoms with Crippen LogP contribution in [0.2, 0.25) is 0 Å². The predicted molar refractivity (Wildman–Crippen MR) is 115 cm³/mol. The quantitative estimate of drug-likeness (QED) is 0.372. The van der Waals surface area contributed by atoms with Crippen LogP contribution in [0.4, 0.5) is 0 Å². The van der Waals surface area contributed by atoms with Crippen molar-refractivity contribution in [1.29, 1.82) is 0 Å². The Kier molecular flexibility index (Phi) is 4.78. The highest BCUT2D eigenvalue weighted by molar-refractivity contribution is 8.00. The van der Waals surface area contributed by atoms with E-state index in [0.717, 1.165) is 34.6 Å². The Morgan fingerprint density at radius 1 is 1.25 bits per heavy atom. The van der Waals surface area contributed by atoms with Gasteiger partial charge in [0, 0.05) is 33.9 Å². The number of carbonyl (C=O) groups excluding carboxylic acids is 1. The van der Waals surface area contributed by atoms with Crippen LogP contribution in [0.5, 0.6) is 0 Å². The van der Waals surface area contributed by atoms with E-state index in [-0.39, 0.29) is 5.91 Å². The molecular formula is C21H20N4OS2. The lowest BCUT2D eigenvalue weighted by molar-refractivity contribution is -0.118. The average Bonchev–Trinajstić information content (AvgIpc) is 3.41. The van der Waals surface area contributed by atoms with Gasteiger partial charge in [0.25, 0.3) is 0 Å². The molecule has 0 spiro atoms. The molecule has 0 unspecified atom stereocenters. The first kappa shape index (κ1) is 17.7. The largest absolute Gasteiger partial charge is 0.361 e. The lowest BCUT2D eigenvalue weighted by atomic mass is 10.1. The molecule has 5 nitrogen and oxygen atoms in total. The van der Waals surface area contributed by atoms with E-state index in [1.807, 2.05) is 18.3 Å². The Labute approximate surface area is 171 Å². The molecule has 3 aromatic heterocycles. The van der Waals surface area contributed by atoms with E-state index < -0.39 is 0 Å². The van der Waals surface area contributed by atoms with Crippen molar-refractivity contribution in [3.63, 3.8) is 0 Å². The molecule has 0 fully saturated rings. The molecule has 1 aliphatic carbocycles. The molecule has 142 valence electrons. The van der Waals surface area contributed by atoms with Gasteiger partial charge in [-0.05, 0) is 42.9 Å². The molecule has 3 heterocycles. The average molecular weight is 409 g/mol. The first-order valence-electron chi connectivity index (χ1n) is 9.49. The summed E-state index contributed by atoms with van der Waals surface area (Å²) < 4.78 is 0. The third-order valence-electron chi connectivity index (χ3n) is 5.20. The fraction of sp³-hybridized carbons (Fsp3) is 0.286. The highest BCUT2D eigenvalue weighted by Crippen LogP contribution is 2.39. The maximum absolute atomic E-state index is 12.3. The van der Waals surface area contributed by atoms with Gasteiger partial charge in [0.2, 0.25) is 5.91 Å². The van der Waals surface area contributed by atoms with Gasteiger partial charge in [-0.25, -0.2) is 9.97 Å². The summed E-state index contributed by atoms with van der Waals surface area (Å²) in [4.78, 5) is 27.0. The number of hydrogen-bond acceptors (Lipinski definition) is 5. The molecule has 0 saturated heterocycles. The number of aromatic nitrogens is 3. The number of nitrogens with zero attached hydrogens (tertiary/aromatic N) is 2. The minimum absolute atomic E-state index is 0.0449. The molecule has 0 atom stereocenters. The van der Waals surface area contributed by atoms with Crippen molar-refractivity contribution in [2.24, 2.45) is 0 Å². The second kappa shape index (κ2) is 7.56. The zero-order chi connectivity index (χ0) is 18.9. The van der Waals surface area contributed by atoms with Crippen molar-refractivity contribution in [2.45, 2.75) is 30.7 Å². The number of carbonyl (C=O) groups is 1. The van der Waals surface area contributed by atoms with Gasteiger partial charge in [0.15, 0.2) is 0 Å². The van der Waals surface area contributed by atoms with Crippen LogP contribution in [0.15, 0.2) is 41.8 Å². The van der Waals surface area contributed by atoms with Crippen molar-refractivity contribution >= 4 is 50.1 Å². The standard InChI is InChI=1S/C21H20N4OS2/c26-18(22-9-8-13-10-23-16-6-2-1-4-14(13)16)11-27-20-19-15-5-3-7-17(15)28-21(19)25-12-24-20/h1-2,4,6,10,12,23H,3,5,7-9,11H2,(H,22,26). The maximum Gasteiger partial charge on any atom is 0.230 e. The number of aryl methyl sites for hydroxylation is 2. The molecule has 28 heavy (non-hydrogen) atoms. The van der Waals surface area contributed by atoms with E-state index in [2.05, 4.69) is 32.4 Å². The normalized spacial score (nSPS) is 13.3. The molecule has 5 rings (SSSR count). The molecule has 7 heteroatoms. The number of para-hydroxylation sites is 1. The van der Waals surface area contributed by atoms with E-state index in [4.69, 9.17) is 0 Å².